The summed E-state index contributed by atoms with van der Waals surface area (Å²) in [6.45, 7) is 2.47. The second kappa shape index (κ2) is 7.29. The Morgan fingerprint density at radius 1 is 1.22 bits per heavy atom. The highest BCUT2D eigenvalue weighted by Crippen LogP contribution is 2.20. The highest BCUT2D eigenvalue weighted by Gasteiger charge is 2.15. The van der Waals surface area contributed by atoms with Crippen molar-refractivity contribution in [2.45, 2.75) is 19.5 Å². The number of hydrogen-bond acceptors (Lipinski definition) is 3. The van der Waals surface area contributed by atoms with E-state index in [9.17, 15) is 4.79 Å². The molecule has 0 aliphatic heterocycles. The number of nitrogens with zero attached hydrogens (tertiary/aromatic N) is 2. The van der Waals surface area contributed by atoms with Crippen LogP contribution in [0.15, 0.2) is 71.5 Å². The first-order valence-corrected chi connectivity index (χ1v) is 9.02. The van der Waals surface area contributed by atoms with Gasteiger partial charge < -0.3 is 9.73 Å². The molecular weight excluding hydrogens is 362 g/mol. The highest BCUT2D eigenvalue weighted by molar-refractivity contribution is 6.30. The molecule has 2 aromatic carbocycles. The standard InChI is InChI=1S/C21H18ClN3O2/c1-14(20-6-3-9-27-20)24-21(26)16-7-8-17-12-23-25(19(17)11-16)13-15-4-2-5-18(22)10-15/h2-12,14H,13H2,1H3,(H,24,26). The second-order valence-electron chi connectivity index (χ2n) is 6.42. The lowest BCUT2D eigenvalue weighted by Crippen LogP contribution is -2.26. The molecule has 4 rings (SSSR count). The van der Waals surface area contributed by atoms with Crippen LogP contribution >= 0.6 is 11.6 Å². The summed E-state index contributed by atoms with van der Waals surface area (Å²) in [7, 11) is 0. The summed E-state index contributed by atoms with van der Waals surface area (Å²) in [5, 5.41) is 9.07. The van der Waals surface area contributed by atoms with Crippen molar-refractivity contribution in [3.05, 3.63) is 89.0 Å². The van der Waals surface area contributed by atoms with Gasteiger partial charge in [-0.2, -0.15) is 5.10 Å². The first-order valence-electron chi connectivity index (χ1n) is 8.64. The van der Waals surface area contributed by atoms with E-state index in [1.807, 2.05) is 54.1 Å². The van der Waals surface area contributed by atoms with Gasteiger partial charge in [0.1, 0.15) is 5.76 Å². The van der Waals surface area contributed by atoms with Crippen LogP contribution < -0.4 is 5.32 Å². The van der Waals surface area contributed by atoms with Gasteiger partial charge in [0.2, 0.25) is 0 Å². The monoisotopic (exact) mass is 379 g/mol. The van der Waals surface area contributed by atoms with E-state index in [0.717, 1.165) is 22.2 Å². The van der Waals surface area contributed by atoms with Gasteiger partial charge in [0.15, 0.2) is 0 Å². The van der Waals surface area contributed by atoms with Gasteiger partial charge in [-0.1, -0.05) is 29.8 Å². The minimum absolute atomic E-state index is 0.156. The number of carbonyl (C=O) groups excluding carboxylic acids is 1. The number of hydrogen-bond donors (Lipinski definition) is 1. The average molecular weight is 380 g/mol. The maximum absolute atomic E-state index is 12.6. The first kappa shape index (κ1) is 17.4. The molecule has 0 aliphatic carbocycles. The summed E-state index contributed by atoms with van der Waals surface area (Å²) in [5.41, 5.74) is 2.52. The van der Waals surface area contributed by atoms with E-state index in [4.69, 9.17) is 16.0 Å². The molecule has 0 fully saturated rings. The Kier molecular flexibility index (Phi) is 4.69. The molecule has 2 heterocycles. The van der Waals surface area contributed by atoms with E-state index in [-0.39, 0.29) is 11.9 Å². The van der Waals surface area contributed by atoms with Crippen LogP contribution in [0, 0.1) is 0 Å². The fourth-order valence-electron chi connectivity index (χ4n) is 3.03. The third kappa shape index (κ3) is 3.73. The average Bonchev–Trinajstić information content (AvgIpc) is 3.32. The lowest BCUT2D eigenvalue weighted by atomic mass is 10.1. The molecule has 1 unspecified atom stereocenters. The number of halogens is 1. The van der Waals surface area contributed by atoms with Gasteiger partial charge in [-0.3, -0.25) is 9.48 Å². The number of fused-ring (bicyclic) bond motifs is 1. The number of amides is 1. The SMILES string of the molecule is CC(NC(=O)c1ccc2cnn(Cc3cccc(Cl)c3)c2c1)c1ccco1. The molecule has 136 valence electrons. The van der Waals surface area contributed by atoms with E-state index >= 15 is 0 Å². The van der Waals surface area contributed by atoms with Crippen molar-refractivity contribution in [1.29, 1.82) is 0 Å². The van der Waals surface area contributed by atoms with Crippen molar-refractivity contribution in [2.75, 3.05) is 0 Å². The number of aromatic nitrogens is 2. The van der Waals surface area contributed by atoms with Crippen LogP contribution in [0.4, 0.5) is 0 Å². The molecule has 1 N–H and O–H groups in total. The predicted molar refractivity (Wildman–Crippen MR) is 105 cm³/mol. The minimum Gasteiger partial charge on any atom is -0.467 e. The second-order valence-corrected chi connectivity index (χ2v) is 6.85. The molecule has 0 saturated heterocycles. The molecule has 0 bridgehead atoms. The van der Waals surface area contributed by atoms with Crippen LogP contribution in [0.25, 0.3) is 10.9 Å². The molecule has 0 aliphatic rings. The number of benzene rings is 2. The summed E-state index contributed by atoms with van der Waals surface area (Å²) < 4.78 is 7.21. The minimum atomic E-state index is -0.209. The lowest BCUT2D eigenvalue weighted by molar-refractivity contribution is 0.0935. The number of nitrogens with one attached hydrogen (secondary N) is 1. The van der Waals surface area contributed by atoms with Gasteiger partial charge in [-0.05, 0) is 48.9 Å². The van der Waals surface area contributed by atoms with Crippen LogP contribution in [0.5, 0.6) is 0 Å². The van der Waals surface area contributed by atoms with Gasteiger partial charge in [0.25, 0.3) is 5.91 Å². The molecule has 1 atom stereocenters. The number of rotatable bonds is 5. The zero-order valence-electron chi connectivity index (χ0n) is 14.7. The van der Waals surface area contributed by atoms with E-state index in [1.54, 1.807) is 24.6 Å². The van der Waals surface area contributed by atoms with Crippen molar-refractivity contribution in [1.82, 2.24) is 15.1 Å². The quantitative estimate of drug-likeness (QED) is 0.540. The largest absolute Gasteiger partial charge is 0.467 e. The first-order chi connectivity index (χ1) is 13.1. The van der Waals surface area contributed by atoms with Gasteiger partial charge >= 0.3 is 0 Å². The molecule has 0 radical (unpaired) electrons. The molecule has 27 heavy (non-hydrogen) atoms. The third-order valence-corrected chi connectivity index (χ3v) is 4.68. The number of furan rings is 1. The topological polar surface area (TPSA) is 60.1 Å². The van der Waals surface area contributed by atoms with Crippen LogP contribution in [-0.2, 0) is 6.54 Å². The maximum atomic E-state index is 12.6. The summed E-state index contributed by atoms with van der Waals surface area (Å²) in [6, 6.07) is 16.7. The predicted octanol–water partition coefficient (Wildman–Crippen LogP) is 4.82. The van der Waals surface area contributed by atoms with E-state index in [1.165, 1.54) is 0 Å². The lowest BCUT2D eigenvalue weighted by Gasteiger charge is -2.12. The van der Waals surface area contributed by atoms with Crippen LogP contribution in [0.3, 0.4) is 0 Å². The highest BCUT2D eigenvalue weighted by atomic mass is 35.5. The zero-order chi connectivity index (χ0) is 18.8. The molecule has 5 nitrogen and oxygen atoms in total. The summed E-state index contributed by atoms with van der Waals surface area (Å²) in [4.78, 5) is 12.6. The molecule has 0 saturated carbocycles. The van der Waals surface area contributed by atoms with Crippen molar-refractivity contribution >= 4 is 28.4 Å². The van der Waals surface area contributed by atoms with Crippen molar-refractivity contribution in [3.63, 3.8) is 0 Å². The Bertz CT molecular complexity index is 1090. The fourth-order valence-corrected chi connectivity index (χ4v) is 3.25. The fraction of sp³-hybridized carbons (Fsp3) is 0.143. The molecule has 1 amide bonds. The van der Waals surface area contributed by atoms with Gasteiger partial charge in [-0.15, -0.1) is 0 Å². The van der Waals surface area contributed by atoms with Crippen LogP contribution in [0.2, 0.25) is 5.02 Å². The Hall–Kier alpha value is -3.05. The molecule has 0 spiro atoms. The van der Waals surface area contributed by atoms with Gasteiger partial charge in [0.05, 0.1) is 30.6 Å². The van der Waals surface area contributed by atoms with E-state index < -0.39 is 0 Å². The Balaban J connectivity index is 1.58. The molecule has 4 aromatic rings. The normalized spacial score (nSPS) is 12.2. The molecular formula is C21H18ClN3O2. The Morgan fingerprint density at radius 2 is 2.11 bits per heavy atom. The summed E-state index contributed by atoms with van der Waals surface area (Å²) in [5.74, 6) is 0.562. The molecule has 6 heteroatoms. The van der Waals surface area contributed by atoms with E-state index in [0.29, 0.717) is 17.1 Å². The van der Waals surface area contributed by atoms with Crippen LogP contribution in [0.1, 0.15) is 34.6 Å². The molecule has 2 aromatic heterocycles. The Morgan fingerprint density at radius 3 is 2.89 bits per heavy atom. The Labute approximate surface area is 161 Å². The zero-order valence-corrected chi connectivity index (χ0v) is 15.5. The maximum Gasteiger partial charge on any atom is 0.251 e. The van der Waals surface area contributed by atoms with Crippen molar-refractivity contribution in [3.8, 4) is 0 Å². The van der Waals surface area contributed by atoms with Gasteiger partial charge in [-0.25, -0.2) is 0 Å². The third-order valence-electron chi connectivity index (χ3n) is 4.45. The van der Waals surface area contributed by atoms with Crippen molar-refractivity contribution < 1.29 is 9.21 Å². The smallest absolute Gasteiger partial charge is 0.251 e. The van der Waals surface area contributed by atoms with Crippen molar-refractivity contribution in [2.24, 2.45) is 0 Å². The van der Waals surface area contributed by atoms with E-state index in [2.05, 4.69) is 10.4 Å². The van der Waals surface area contributed by atoms with Gasteiger partial charge in [0, 0.05) is 16.0 Å². The summed E-state index contributed by atoms with van der Waals surface area (Å²) >= 11 is 6.07. The number of carbonyl (C=O) groups is 1. The van der Waals surface area contributed by atoms with Crippen LogP contribution in [-0.4, -0.2) is 15.7 Å². The summed E-state index contributed by atoms with van der Waals surface area (Å²) in [6.07, 6.45) is 3.39.